The van der Waals surface area contributed by atoms with Crippen molar-refractivity contribution in [1.82, 2.24) is 5.32 Å². The number of hydrogen-bond acceptors (Lipinski definition) is 2. The molecule has 0 bridgehead atoms. The molecule has 0 radical (unpaired) electrons. The van der Waals surface area contributed by atoms with Crippen molar-refractivity contribution in [2.24, 2.45) is 0 Å². The summed E-state index contributed by atoms with van der Waals surface area (Å²) < 4.78 is 0. The van der Waals surface area contributed by atoms with Crippen LogP contribution >= 0.6 is 0 Å². The van der Waals surface area contributed by atoms with E-state index in [2.05, 4.69) is 25.2 Å². The van der Waals surface area contributed by atoms with Crippen molar-refractivity contribution in [2.45, 2.75) is 39.2 Å². The van der Waals surface area contributed by atoms with E-state index in [-0.39, 0.29) is 0 Å². The summed E-state index contributed by atoms with van der Waals surface area (Å²) in [6.07, 6.45) is 3.77. The fraction of sp³-hybridized carbons (Fsp3) is 0.500. The van der Waals surface area contributed by atoms with Crippen LogP contribution in [0.5, 0.6) is 0 Å². The molecule has 0 saturated heterocycles. The lowest BCUT2D eigenvalue weighted by Gasteiger charge is -2.13. The maximum Gasteiger partial charge on any atom is 0.0991 e. The predicted octanol–water partition coefficient (Wildman–Crippen LogP) is 3.40. The molecule has 16 heavy (non-hydrogen) atoms. The Morgan fingerprint density at radius 2 is 1.94 bits per heavy atom. The van der Waals surface area contributed by atoms with E-state index >= 15 is 0 Å². The molecule has 0 aliphatic heterocycles. The first kappa shape index (κ1) is 12.7. The molecular formula is C14H20N2. The summed E-state index contributed by atoms with van der Waals surface area (Å²) in [6.45, 7) is 5.44. The highest BCUT2D eigenvalue weighted by Gasteiger charge is 2.03. The largest absolute Gasteiger partial charge is 0.310 e. The van der Waals surface area contributed by atoms with Gasteiger partial charge < -0.3 is 5.32 Å². The highest BCUT2D eigenvalue weighted by molar-refractivity contribution is 5.32. The molecule has 1 aromatic carbocycles. The van der Waals surface area contributed by atoms with E-state index in [9.17, 15) is 0 Å². The molecule has 2 heteroatoms. The zero-order valence-electron chi connectivity index (χ0n) is 10.2. The maximum atomic E-state index is 8.70. The topological polar surface area (TPSA) is 35.8 Å². The predicted molar refractivity (Wildman–Crippen MR) is 67.1 cm³/mol. The van der Waals surface area contributed by atoms with Crippen LogP contribution in [0.15, 0.2) is 24.3 Å². The molecular weight excluding hydrogens is 196 g/mol. The number of hydrogen-bond donors (Lipinski definition) is 1. The van der Waals surface area contributed by atoms with E-state index in [4.69, 9.17) is 5.26 Å². The lowest BCUT2D eigenvalue weighted by Crippen LogP contribution is -2.19. The summed E-state index contributed by atoms with van der Waals surface area (Å²) in [5.41, 5.74) is 1.97. The molecule has 1 rings (SSSR count). The second-order valence-electron chi connectivity index (χ2n) is 4.12. The molecule has 0 saturated carbocycles. The molecule has 0 aliphatic rings. The van der Waals surface area contributed by atoms with Gasteiger partial charge in [-0.25, -0.2) is 0 Å². The first-order chi connectivity index (χ1) is 7.77. The monoisotopic (exact) mass is 216 g/mol. The molecule has 0 aromatic heterocycles. The summed E-state index contributed by atoms with van der Waals surface area (Å²) in [5.74, 6) is 0. The highest BCUT2D eigenvalue weighted by Crippen LogP contribution is 2.13. The Labute approximate surface area is 98.3 Å². The Hall–Kier alpha value is -1.33. The van der Waals surface area contributed by atoms with E-state index in [1.54, 1.807) is 0 Å². The molecule has 1 atom stereocenters. The van der Waals surface area contributed by atoms with Crippen LogP contribution in [-0.2, 0) is 0 Å². The van der Waals surface area contributed by atoms with E-state index < -0.39 is 0 Å². The van der Waals surface area contributed by atoms with Gasteiger partial charge in [-0.15, -0.1) is 0 Å². The van der Waals surface area contributed by atoms with Crippen LogP contribution in [0.2, 0.25) is 0 Å². The van der Waals surface area contributed by atoms with Crippen LogP contribution in [0.25, 0.3) is 0 Å². The summed E-state index contributed by atoms with van der Waals surface area (Å²) in [6, 6.07) is 10.3. The van der Waals surface area contributed by atoms with Crippen LogP contribution in [0.3, 0.4) is 0 Å². The fourth-order valence-electron chi connectivity index (χ4n) is 1.66. The molecule has 0 spiro atoms. The van der Waals surface area contributed by atoms with Crippen molar-refractivity contribution in [3.63, 3.8) is 0 Å². The molecule has 86 valence electrons. The smallest absolute Gasteiger partial charge is 0.0991 e. The van der Waals surface area contributed by atoms with Crippen LogP contribution < -0.4 is 5.32 Å². The first-order valence-electron chi connectivity index (χ1n) is 6.01. The minimum Gasteiger partial charge on any atom is -0.310 e. The summed E-state index contributed by atoms with van der Waals surface area (Å²) >= 11 is 0. The van der Waals surface area contributed by atoms with Gasteiger partial charge in [-0.05, 0) is 37.6 Å². The van der Waals surface area contributed by atoms with E-state index in [0.717, 1.165) is 12.1 Å². The number of nitrogens with one attached hydrogen (secondary N) is 1. The van der Waals surface area contributed by atoms with Crippen LogP contribution in [0.4, 0.5) is 0 Å². The second-order valence-corrected chi connectivity index (χ2v) is 4.12. The molecule has 1 aromatic rings. The van der Waals surface area contributed by atoms with Gasteiger partial charge in [0.1, 0.15) is 0 Å². The van der Waals surface area contributed by atoms with Crippen molar-refractivity contribution >= 4 is 0 Å². The first-order valence-corrected chi connectivity index (χ1v) is 6.01. The maximum absolute atomic E-state index is 8.70. The van der Waals surface area contributed by atoms with Crippen molar-refractivity contribution in [1.29, 1.82) is 5.26 Å². The number of nitrogens with zero attached hydrogens (tertiary/aromatic N) is 1. The average molecular weight is 216 g/mol. The van der Waals surface area contributed by atoms with Gasteiger partial charge in [0, 0.05) is 6.04 Å². The Morgan fingerprint density at radius 1 is 1.25 bits per heavy atom. The van der Waals surface area contributed by atoms with Gasteiger partial charge in [0.15, 0.2) is 0 Å². The Morgan fingerprint density at radius 3 is 2.50 bits per heavy atom. The molecule has 0 aliphatic carbocycles. The van der Waals surface area contributed by atoms with Crippen molar-refractivity contribution in [3.05, 3.63) is 35.4 Å². The SMILES string of the molecule is CCCCCNC(C)c1ccc(C#N)cc1. The van der Waals surface area contributed by atoms with Crippen molar-refractivity contribution in [3.8, 4) is 6.07 Å². The van der Waals surface area contributed by atoms with Gasteiger partial charge in [0.25, 0.3) is 0 Å². The standard InChI is InChI=1S/C14H20N2/c1-3-4-5-10-16-12(2)14-8-6-13(11-15)7-9-14/h6-9,12,16H,3-5,10H2,1-2H3. The van der Waals surface area contributed by atoms with Crippen LogP contribution in [0.1, 0.15) is 50.3 Å². The molecule has 1 unspecified atom stereocenters. The molecule has 0 heterocycles. The van der Waals surface area contributed by atoms with Gasteiger partial charge >= 0.3 is 0 Å². The quantitative estimate of drug-likeness (QED) is 0.740. The molecule has 2 nitrogen and oxygen atoms in total. The Kier molecular flexibility index (Phi) is 5.60. The van der Waals surface area contributed by atoms with Gasteiger partial charge in [-0.1, -0.05) is 31.9 Å². The Balaban J connectivity index is 2.40. The van der Waals surface area contributed by atoms with E-state index in [1.807, 2.05) is 24.3 Å². The average Bonchev–Trinajstić information content (AvgIpc) is 2.34. The highest BCUT2D eigenvalue weighted by atomic mass is 14.9. The zero-order chi connectivity index (χ0) is 11.8. The summed E-state index contributed by atoms with van der Waals surface area (Å²) in [7, 11) is 0. The second kappa shape index (κ2) is 7.03. The van der Waals surface area contributed by atoms with Gasteiger partial charge in [-0.2, -0.15) is 5.26 Å². The summed E-state index contributed by atoms with van der Waals surface area (Å²) in [5, 5.41) is 12.2. The molecule has 0 fully saturated rings. The number of rotatable bonds is 6. The van der Waals surface area contributed by atoms with E-state index in [0.29, 0.717) is 6.04 Å². The number of benzene rings is 1. The minimum absolute atomic E-state index is 0.365. The van der Waals surface area contributed by atoms with Gasteiger partial charge in [-0.3, -0.25) is 0 Å². The minimum atomic E-state index is 0.365. The van der Waals surface area contributed by atoms with Crippen LogP contribution in [-0.4, -0.2) is 6.54 Å². The fourth-order valence-corrected chi connectivity index (χ4v) is 1.66. The third-order valence-corrected chi connectivity index (χ3v) is 2.77. The lowest BCUT2D eigenvalue weighted by molar-refractivity contribution is 0.544. The van der Waals surface area contributed by atoms with E-state index in [1.165, 1.54) is 24.8 Å². The van der Waals surface area contributed by atoms with Crippen molar-refractivity contribution in [2.75, 3.05) is 6.54 Å². The normalized spacial score (nSPS) is 12.1. The molecule has 1 N–H and O–H groups in total. The van der Waals surface area contributed by atoms with Crippen molar-refractivity contribution < 1.29 is 0 Å². The third-order valence-electron chi connectivity index (χ3n) is 2.77. The van der Waals surface area contributed by atoms with Gasteiger partial charge in [0.05, 0.1) is 11.6 Å². The summed E-state index contributed by atoms with van der Waals surface area (Å²) in [4.78, 5) is 0. The Bertz CT molecular complexity index is 335. The molecule has 0 amide bonds. The lowest BCUT2D eigenvalue weighted by atomic mass is 10.1. The zero-order valence-corrected chi connectivity index (χ0v) is 10.2. The third kappa shape index (κ3) is 4.04. The number of nitriles is 1. The van der Waals surface area contributed by atoms with Gasteiger partial charge in [0.2, 0.25) is 0 Å². The number of unbranched alkanes of at least 4 members (excludes halogenated alkanes) is 2. The van der Waals surface area contributed by atoms with Crippen LogP contribution in [0, 0.1) is 11.3 Å².